The standard InChI is InChI=1S/C16H27N/c1-5-12-17(13-6-2)16-14(7-3)10-9-11-15(16)8-4/h9-11H,5-8,12-13H2,1-4H3. The van der Waals surface area contributed by atoms with Crippen LogP contribution in [0.15, 0.2) is 18.2 Å². The lowest BCUT2D eigenvalue weighted by molar-refractivity contribution is 0.736. The van der Waals surface area contributed by atoms with Crippen LogP contribution in [0.5, 0.6) is 0 Å². The second kappa shape index (κ2) is 7.37. The van der Waals surface area contributed by atoms with E-state index in [1.54, 1.807) is 0 Å². The molecule has 0 aliphatic heterocycles. The van der Waals surface area contributed by atoms with Crippen molar-refractivity contribution in [3.8, 4) is 0 Å². The summed E-state index contributed by atoms with van der Waals surface area (Å²) in [5, 5.41) is 0. The van der Waals surface area contributed by atoms with Crippen LogP contribution >= 0.6 is 0 Å². The van der Waals surface area contributed by atoms with Gasteiger partial charge in [-0.25, -0.2) is 0 Å². The van der Waals surface area contributed by atoms with Crippen LogP contribution in [-0.4, -0.2) is 13.1 Å². The molecule has 0 aromatic heterocycles. The molecule has 0 saturated heterocycles. The lowest BCUT2D eigenvalue weighted by Gasteiger charge is -2.28. The maximum atomic E-state index is 2.58. The minimum atomic E-state index is 1.13. The molecule has 0 saturated carbocycles. The fraction of sp³-hybridized carbons (Fsp3) is 0.625. The summed E-state index contributed by atoms with van der Waals surface area (Å²) in [6.45, 7) is 11.4. The number of hydrogen-bond donors (Lipinski definition) is 0. The van der Waals surface area contributed by atoms with Crippen molar-refractivity contribution in [2.24, 2.45) is 0 Å². The molecule has 0 N–H and O–H groups in total. The Balaban J connectivity index is 3.12. The Labute approximate surface area is 107 Å². The summed E-state index contributed by atoms with van der Waals surface area (Å²) < 4.78 is 0. The van der Waals surface area contributed by atoms with Gasteiger partial charge in [-0.05, 0) is 36.8 Å². The van der Waals surface area contributed by atoms with Gasteiger partial charge in [-0.15, -0.1) is 0 Å². The maximum absolute atomic E-state index is 2.58. The first-order chi connectivity index (χ1) is 8.28. The Bertz CT molecular complexity index is 302. The summed E-state index contributed by atoms with van der Waals surface area (Å²) in [6, 6.07) is 6.77. The zero-order valence-corrected chi connectivity index (χ0v) is 11.9. The van der Waals surface area contributed by atoms with Crippen molar-refractivity contribution in [3.63, 3.8) is 0 Å². The van der Waals surface area contributed by atoms with Crippen molar-refractivity contribution >= 4 is 5.69 Å². The SMILES string of the molecule is CCCN(CCC)c1c(CC)cccc1CC. The first-order valence-electron chi connectivity index (χ1n) is 7.14. The number of rotatable bonds is 7. The smallest absolute Gasteiger partial charge is 0.0431 e. The predicted molar refractivity (Wildman–Crippen MR) is 78.0 cm³/mol. The summed E-state index contributed by atoms with van der Waals surface area (Å²) in [6.07, 6.45) is 4.71. The van der Waals surface area contributed by atoms with E-state index in [1.165, 1.54) is 42.7 Å². The molecule has 1 aromatic rings. The first-order valence-corrected chi connectivity index (χ1v) is 7.14. The number of benzene rings is 1. The first kappa shape index (κ1) is 14.1. The average Bonchev–Trinajstić information content (AvgIpc) is 2.37. The molecular weight excluding hydrogens is 206 g/mol. The molecule has 0 unspecified atom stereocenters. The van der Waals surface area contributed by atoms with E-state index in [0.29, 0.717) is 0 Å². The highest BCUT2D eigenvalue weighted by Gasteiger charge is 2.12. The van der Waals surface area contributed by atoms with Gasteiger partial charge < -0.3 is 4.90 Å². The third kappa shape index (κ3) is 3.49. The molecular formula is C16H27N. The fourth-order valence-electron chi connectivity index (χ4n) is 2.50. The summed E-state index contributed by atoms with van der Waals surface area (Å²) in [5.74, 6) is 0. The van der Waals surface area contributed by atoms with Crippen molar-refractivity contribution in [1.82, 2.24) is 0 Å². The van der Waals surface area contributed by atoms with Crippen molar-refractivity contribution in [1.29, 1.82) is 0 Å². The number of anilines is 1. The lowest BCUT2D eigenvalue weighted by atomic mass is 10.0. The van der Waals surface area contributed by atoms with Crippen LogP contribution in [0.1, 0.15) is 51.7 Å². The lowest BCUT2D eigenvalue weighted by Crippen LogP contribution is -2.27. The van der Waals surface area contributed by atoms with Gasteiger partial charge in [0, 0.05) is 18.8 Å². The minimum absolute atomic E-state index is 1.13. The van der Waals surface area contributed by atoms with Crippen molar-refractivity contribution < 1.29 is 0 Å². The van der Waals surface area contributed by atoms with Crippen molar-refractivity contribution in [2.45, 2.75) is 53.4 Å². The van der Waals surface area contributed by atoms with Gasteiger partial charge in [0.1, 0.15) is 0 Å². The quantitative estimate of drug-likeness (QED) is 0.673. The zero-order chi connectivity index (χ0) is 12.7. The predicted octanol–water partition coefficient (Wildman–Crippen LogP) is 4.44. The Morgan fingerprint density at radius 2 is 1.29 bits per heavy atom. The fourth-order valence-corrected chi connectivity index (χ4v) is 2.50. The largest absolute Gasteiger partial charge is 0.371 e. The minimum Gasteiger partial charge on any atom is -0.371 e. The Hall–Kier alpha value is -0.980. The van der Waals surface area contributed by atoms with Gasteiger partial charge in [-0.2, -0.15) is 0 Å². The summed E-state index contributed by atoms with van der Waals surface area (Å²) >= 11 is 0. The van der Waals surface area contributed by atoms with Gasteiger partial charge in [-0.1, -0.05) is 45.9 Å². The van der Waals surface area contributed by atoms with E-state index >= 15 is 0 Å². The molecule has 0 bridgehead atoms. The third-order valence-electron chi connectivity index (χ3n) is 3.27. The second-order valence-corrected chi connectivity index (χ2v) is 4.62. The summed E-state index contributed by atoms with van der Waals surface area (Å²) in [7, 11) is 0. The van der Waals surface area contributed by atoms with E-state index in [9.17, 15) is 0 Å². The molecule has 1 heteroatoms. The van der Waals surface area contributed by atoms with Crippen LogP contribution in [0.2, 0.25) is 0 Å². The second-order valence-electron chi connectivity index (χ2n) is 4.62. The molecule has 0 atom stereocenters. The van der Waals surface area contributed by atoms with Crippen LogP contribution < -0.4 is 4.90 Å². The molecule has 0 spiro atoms. The molecule has 0 aliphatic rings. The van der Waals surface area contributed by atoms with Gasteiger partial charge in [0.15, 0.2) is 0 Å². The van der Waals surface area contributed by atoms with Gasteiger partial charge in [-0.3, -0.25) is 0 Å². The molecule has 0 fully saturated rings. The van der Waals surface area contributed by atoms with Crippen LogP contribution in [0.3, 0.4) is 0 Å². The van der Waals surface area contributed by atoms with Gasteiger partial charge in [0.05, 0.1) is 0 Å². The van der Waals surface area contributed by atoms with Crippen LogP contribution in [0.4, 0.5) is 5.69 Å². The summed E-state index contributed by atoms with van der Waals surface area (Å²) in [5.41, 5.74) is 4.53. The average molecular weight is 233 g/mol. The van der Waals surface area contributed by atoms with E-state index in [0.717, 1.165) is 12.8 Å². The molecule has 0 heterocycles. The van der Waals surface area contributed by atoms with E-state index < -0.39 is 0 Å². The summed E-state index contributed by atoms with van der Waals surface area (Å²) in [4.78, 5) is 2.58. The number of nitrogens with zero attached hydrogens (tertiary/aromatic N) is 1. The normalized spacial score (nSPS) is 10.6. The van der Waals surface area contributed by atoms with Crippen LogP contribution in [-0.2, 0) is 12.8 Å². The van der Waals surface area contributed by atoms with Gasteiger partial charge in [0.2, 0.25) is 0 Å². The highest BCUT2D eigenvalue weighted by atomic mass is 15.1. The van der Waals surface area contributed by atoms with E-state index in [1.807, 2.05) is 0 Å². The molecule has 0 radical (unpaired) electrons. The van der Waals surface area contributed by atoms with E-state index in [4.69, 9.17) is 0 Å². The molecule has 1 nitrogen and oxygen atoms in total. The van der Waals surface area contributed by atoms with Crippen LogP contribution in [0.25, 0.3) is 0 Å². The van der Waals surface area contributed by atoms with Crippen LogP contribution in [0, 0.1) is 0 Å². The highest BCUT2D eigenvalue weighted by Crippen LogP contribution is 2.27. The molecule has 96 valence electrons. The Kier molecular flexibility index (Phi) is 6.10. The number of para-hydroxylation sites is 1. The van der Waals surface area contributed by atoms with Gasteiger partial charge >= 0.3 is 0 Å². The zero-order valence-electron chi connectivity index (χ0n) is 11.9. The van der Waals surface area contributed by atoms with E-state index in [2.05, 4.69) is 50.8 Å². The Morgan fingerprint density at radius 3 is 1.65 bits per heavy atom. The molecule has 0 aliphatic carbocycles. The van der Waals surface area contributed by atoms with Crippen molar-refractivity contribution in [2.75, 3.05) is 18.0 Å². The van der Waals surface area contributed by atoms with Crippen molar-refractivity contribution in [3.05, 3.63) is 29.3 Å². The van der Waals surface area contributed by atoms with Gasteiger partial charge in [0.25, 0.3) is 0 Å². The highest BCUT2D eigenvalue weighted by molar-refractivity contribution is 5.60. The number of aryl methyl sites for hydroxylation is 2. The Morgan fingerprint density at radius 1 is 0.824 bits per heavy atom. The third-order valence-corrected chi connectivity index (χ3v) is 3.27. The molecule has 0 amide bonds. The number of hydrogen-bond acceptors (Lipinski definition) is 1. The monoisotopic (exact) mass is 233 g/mol. The maximum Gasteiger partial charge on any atom is 0.0431 e. The topological polar surface area (TPSA) is 3.24 Å². The van der Waals surface area contributed by atoms with E-state index in [-0.39, 0.29) is 0 Å². The molecule has 1 aromatic carbocycles. The molecule has 1 rings (SSSR count). The molecule has 17 heavy (non-hydrogen) atoms.